The van der Waals surface area contributed by atoms with Crippen LogP contribution in [-0.4, -0.2) is 71.7 Å². The summed E-state index contributed by atoms with van der Waals surface area (Å²) in [6.07, 6.45) is 3.09. The molecule has 46 heavy (non-hydrogen) atoms. The summed E-state index contributed by atoms with van der Waals surface area (Å²) in [7, 11) is 1.28. The third-order valence-electron chi connectivity index (χ3n) is 11.5. The monoisotopic (exact) mass is 642 g/mol. The highest BCUT2D eigenvalue weighted by Gasteiger charge is 2.84. The largest absolute Gasteiger partial charge is 0.472 e. The molecule has 0 aromatic carbocycles. The van der Waals surface area contributed by atoms with Crippen LogP contribution in [0.1, 0.15) is 79.2 Å². The zero-order valence-corrected chi connectivity index (χ0v) is 27.9. The van der Waals surface area contributed by atoms with Gasteiger partial charge >= 0.3 is 23.9 Å². The topological polar surface area (TPSA) is 151 Å². The van der Waals surface area contributed by atoms with Crippen LogP contribution in [0.15, 0.2) is 47.3 Å². The molecule has 1 saturated heterocycles. The lowest BCUT2D eigenvalue weighted by molar-refractivity contribution is -0.215. The smallest absolute Gasteiger partial charge is 0.335 e. The van der Waals surface area contributed by atoms with Gasteiger partial charge < -0.3 is 33.2 Å². The van der Waals surface area contributed by atoms with Gasteiger partial charge in [0.1, 0.15) is 23.4 Å². The number of methoxy groups -OCH3 is 1. The molecule has 11 nitrogen and oxygen atoms in total. The molecule has 4 aliphatic rings. The fourth-order valence-electron chi connectivity index (χ4n) is 8.94. The lowest BCUT2D eigenvalue weighted by Gasteiger charge is -2.58. The van der Waals surface area contributed by atoms with E-state index in [1.165, 1.54) is 20.1 Å². The molecule has 1 aromatic heterocycles. The minimum absolute atomic E-state index is 0.141. The van der Waals surface area contributed by atoms with Crippen LogP contribution in [-0.2, 0) is 42.9 Å². The van der Waals surface area contributed by atoms with Crippen molar-refractivity contribution in [2.24, 2.45) is 28.6 Å². The lowest BCUT2D eigenvalue weighted by Crippen LogP contribution is -2.66. The van der Waals surface area contributed by atoms with Crippen LogP contribution in [0.2, 0.25) is 0 Å². The number of allylic oxidation sites excluding steroid dienone is 1. The molecule has 1 aromatic rings. The second-order valence-corrected chi connectivity index (χ2v) is 14.3. The van der Waals surface area contributed by atoms with Gasteiger partial charge in [-0.15, -0.1) is 0 Å². The van der Waals surface area contributed by atoms with Gasteiger partial charge in [-0.1, -0.05) is 46.8 Å². The summed E-state index contributed by atoms with van der Waals surface area (Å²) < 4.78 is 35.5. The molecule has 1 N–H and O–H groups in total. The summed E-state index contributed by atoms with van der Waals surface area (Å²) in [5, 5.41) is 11.0. The minimum atomic E-state index is -1.43. The van der Waals surface area contributed by atoms with E-state index in [0.717, 1.165) is 5.56 Å². The molecule has 11 heteroatoms. The van der Waals surface area contributed by atoms with Crippen molar-refractivity contribution >= 4 is 23.9 Å². The van der Waals surface area contributed by atoms with E-state index in [9.17, 15) is 24.3 Å². The van der Waals surface area contributed by atoms with Gasteiger partial charge in [-0.25, -0.2) is 9.59 Å². The fraction of sp³-hybridized carbons (Fsp3) is 0.657. The summed E-state index contributed by atoms with van der Waals surface area (Å²) in [5.41, 5.74) is -2.94. The van der Waals surface area contributed by atoms with Crippen molar-refractivity contribution in [3.8, 4) is 0 Å². The molecule has 1 spiro atoms. The van der Waals surface area contributed by atoms with Crippen molar-refractivity contribution in [2.45, 2.75) is 109 Å². The van der Waals surface area contributed by atoms with E-state index in [1.807, 2.05) is 26.8 Å². The van der Waals surface area contributed by atoms with Crippen molar-refractivity contribution in [3.05, 3.63) is 48.5 Å². The second-order valence-electron chi connectivity index (χ2n) is 14.3. The summed E-state index contributed by atoms with van der Waals surface area (Å²) in [6.45, 7) is 16.7. The number of aliphatic hydroxyl groups excluding tert-OH is 1. The SMILES string of the molecule is C=C1[C@@H]([C@]2(C)C=CC(=O)OC(C)(C)[C@@H]2CC(=O)OC)[C@@H](OC(C)=O)[C@H](OC(=O)[C@H](O)[C@H](C)CC)[C@@]2(C)[C@H](c3ccoc3)C[C@H]3O[C@]132. The molecule has 252 valence electrons. The normalized spacial score (nSPS) is 38.8. The third-order valence-corrected chi connectivity index (χ3v) is 11.5. The minimum Gasteiger partial charge on any atom is -0.472 e. The Balaban J connectivity index is 1.74. The Labute approximate surface area is 269 Å². The van der Waals surface area contributed by atoms with Crippen LogP contribution in [0.3, 0.4) is 0 Å². The first-order valence-corrected chi connectivity index (χ1v) is 15.9. The van der Waals surface area contributed by atoms with Crippen molar-refractivity contribution in [3.63, 3.8) is 0 Å². The summed E-state index contributed by atoms with van der Waals surface area (Å²) in [6, 6.07) is 1.85. The van der Waals surface area contributed by atoms with E-state index in [1.54, 1.807) is 39.4 Å². The predicted octanol–water partition coefficient (Wildman–Crippen LogP) is 4.42. The number of carbonyl (C=O) groups is 4. The first-order chi connectivity index (χ1) is 21.5. The van der Waals surface area contributed by atoms with E-state index in [4.69, 9.17) is 28.1 Å². The highest BCUT2D eigenvalue weighted by atomic mass is 16.6. The molecule has 2 aliphatic carbocycles. The Morgan fingerprint density at radius 3 is 2.46 bits per heavy atom. The van der Waals surface area contributed by atoms with E-state index < -0.39 is 82.0 Å². The number of ether oxygens (including phenoxy) is 5. The number of esters is 4. The van der Waals surface area contributed by atoms with Gasteiger partial charge in [-0.3, -0.25) is 9.59 Å². The van der Waals surface area contributed by atoms with Gasteiger partial charge in [0, 0.05) is 36.2 Å². The Hall–Kier alpha value is -3.44. The van der Waals surface area contributed by atoms with E-state index in [-0.39, 0.29) is 18.4 Å². The standard InChI is InChI=1S/C35H46O11/c1-10-18(2)28(39)31(40)44-30-29(43-20(4)36)27(33(7)13-11-25(37)46-32(5,6)23(33)16-26(38)41-9)19(3)35-24(45-35)15-22(34(30,35)8)21-12-14-42-17-21/h11-14,17-18,22-24,27-30,39H,3,10,15-16H2,1-2,4-9H3/t18-,22+,23+,24-,27-,28-,29-,30+,33-,34-,35-/m1/s1. The number of cyclic esters (lactones) is 1. The number of aliphatic hydroxyl groups is 1. The summed E-state index contributed by atoms with van der Waals surface area (Å²) in [4.78, 5) is 52.5. The van der Waals surface area contributed by atoms with Crippen molar-refractivity contribution < 1.29 is 52.4 Å². The molecule has 5 rings (SSSR count). The number of epoxide rings is 1. The highest BCUT2D eigenvalue weighted by molar-refractivity contribution is 5.83. The lowest BCUT2D eigenvalue weighted by atomic mass is 9.48. The summed E-state index contributed by atoms with van der Waals surface area (Å²) >= 11 is 0. The first kappa shape index (κ1) is 33.9. The average molecular weight is 643 g/mol. The number of carbonyl (C=O) groups excluding carboxylic acids is 4. The highest BCUT2D eigenvalue weighted by Crippen LogP contribution is 2.76. The van der Waals surface area contributed by atoms with Gasteiger partial charge in [0.05, 0.1) is 37.6 Å². The maximum atomic E-state index is 13.7. The number of furan rings is 1. The van der Waals surface area contributed by atoms with E-state index in [0.29, 0.717) is 18.4 Å². The third kappa shape index (κ3) is 5.01. The maximum Gasteiger partial charge on any atom is 0.335 e. The number of hydrogen-bond acceptors (Lipinski definition) is 11. The molecular formula is C35H46O11. The molecule has 2 saturated carbocycles. The maximum absolute atomic E-state index is 13.7. The van der Waals surface area contributed by atoms with Crippen molar-refractivity contribution in [1.82, 2.24) is 0 Å². The van der Waals surface area contributed by atoms with Gasteiger partial charge in [0.25, 0.3) is 0 Å². The molecular weight excluding hydrogens is 596 g/mol. The Morgan fingerprint density at radius 2 is 1.87 bits per heavy atom. The van der Waals surface area contributed by atoms with Crippen LogP contribution < -0.4 is 0 Å². The second kappa shape index (κ2) is 11.7. The molecule has 11 atom stereocenters. The van der Waals surface area contributed by atoms with Crippen LogP contribution in [0.4, 0.5) is 0 Å². The van der Waals surface area contributed by atoms with Crippen LogP contribution in [0, 0.1) is 28.6 Å². The van der Waals surface area contributed by atoms with E-state index in [2.05, 4.69) is 6.58 Å². The number of hydrogen-bond donors (Lipinski definition) is 1. The Morgan fingerprint density at radius 1 is 1.17 bits per heavy atom. The predicted molar refractivity (Wildman–Crippen MR) is 163 cm³/mol. The molecule has 3 fully saturated rings. The molecule has 0 radical (unpaired) electrons. The van der Waals surface area contributed by atoms with Crippen LogP contribution >= 0.6 is 0 Å². The molecule has 0 bridgehead atoms. The van der Waals surface area contributed by atoms with Crippen LogP contribution in [0.5, 0.6) is 0 Å². The van der Waals surface area contributed by atoms with Gasteiger partial charge in [0.2, 0.25) is 0 Å². The first-order valence-electron chi connectivity index (χ1n) is 15.9. The van der Waals surface area contributed by atoms with Gasteiger partial charge in [0.15, 0.2) is 6.10 Å². The quantitative estimate of drug-likeness (QED) is 0.176. The van der Waals surface area contributed by atoms with Gasteiger partial charge in [-0.05, 0) is 43.4 Å². The zero-order valence-electron chi connectivity index (χ0n) is 27.9. The van der Waals surface area contributed by atoms with Crippen molar-refractivity contribution in [1.29, 1.82) is 0 Å². The molecule has 0 unspecified atom stereocenters. The molecule has 2 aliphatic heterocycles. The van der Waals surface area contributed by atoms with Crippen molar-refractivity contribution in [2.75, 3.05) is 7.11 Å². The van der Waals surface area contributed by atoms with Crippen LogP contribution in [0.25, 0.3) is 0 Å². The van der Waals surface area contributed by atoms with E-state index >= 15 is 0 Å². The molecule has 3 heterocycles. The summed E-state index contributed by atoms with van der Waals surface area (Å²) in [5.74, 6) is -4.80. The Kier molecular flexibility index (Phi) is 8.60. The Bertz CT molecular complexity index is 1430. The number of rotatable bonds is 9. The molecule has 0 amide bonds. The fourth-order valence-corrected chi connectivity index (χ4v) is 8.94. The average Bonchev–Trinajstić information content (AvgIpc) is 3.37. The van der Waals surface area contributed by atoms with Gasteiger partial charge in [-0.2, -0.15) is 0 Å². The zero-order chi connectivity index (χ0) is 34.0.